The maximum Gasteiger partial charge on any atom is 0.0135 e. The highest BCUT2D eigenvalue weighted by Crippen LogP contribution is 2.26. The molecule has 0 unspecified atom stereocenters. The van der Waals surface area contributed by atoms with Gasteiger partial charge in [-0.2, -0.15) is 0 Å². The fourth-order valence-corrected chi connectivity index (χ4v) is 2.16. The Hall–Kier alpha value is 0.01000. The molecule has 0 aromatic heterocycles. The van der Waals surface area contributed by atoms with Gasteiger partial charge in [0.15, 0.2) is 0 Å². The van der Waals surface area contributed by atoms with Gasteiger partial charge in [-0.1, -0.05) is 12.2 Å². The summed E-state index contributed by atoms with van der Waals surface area (Å²) >= 11 is 12.9. The fourth-order valence-electron chi connectivity index (χ4n) is 0.946. The Bertz CT molecular complexity index is 293. The van der Waals surface area contributed by atoms with Crippen LogP contribution in [0.5, 0.6) is 0 Å². The van der Waals surface area contributed by atoms with E-state index in [4.69, 9.17) is 0 Å². The van der Waals surface area contributed by atoms with Gasteiger partial charge in [-0.25, -0.2) is 0 Å². The zero-order valence-electron chi connectivity index (χ0n) is 6.65. The average molecular weight is 214 g/mol. The minimum atomic E-state index is 0.887. The van der Waals surface area contributed by atoms with Crippen molar-refractivity contribution in [2.24, 2.45) is 0 Å². The molecule has 1 aromatic rings. The molecular formula is C9H10S3. The highest BCUT2D eigenvalue weighted by molar-refractivity contribution is 7.82. The molecule has 3 heteroatoms. The van der Waals surface area contributed by atoms with Crippen molar-refractivity contribution in [3.8, 4) is 0 Å². The molecule has 0 radical (unpaired) electrons. The molecule has 0 bridgehead atoms. The quantitative estimate of drug-likeness (QED) is 0.585. The molecule has 0 atom stereocenters. The predicted molar refractivity (Wildman–Crippen MR) is 62.9 cm³/mol. The number of allylic oxidation sites excluding steroid dienone is 1. The van der Waals surface area contributed by atoms with Crippen molar-refractivity contribution >= 4 is 44.0 Å². The summed E-state index contributed by atoms with van der Waals surface area (Å²) < 4.78 is 0. The molecular weight excluding hydrogens is 204 g/mol. The van der Waals surface area contributed by atoms with Gasteiger partial charge in [-0.05, 0) is 19.1 Å². The summed E-state index contributed by atoms with van der Waals surface area (Å²) in [6.45, 7) is 1.97. The molecule has 1 rings (SSSR count). The van der Waals surface area contributed by atoms with E-state index in [1.54, 1.807) is 0 Å². The van der Waals surface area contributed by atoms with Gasteiger partial charge in [0.2, 0.25) is 0 Å². The third-order valence-electron chi connectivity index (χ3n) is 1.45. The van der Waals surface area contributed by atoms with Crippen LogP contribution < -0.4 is 0 Å². The number of benzene rings is 1. The maximum atomic E-state index is 4.32. The molecule has 0 N–H and O–H groups in total. The summed E-state index contributed by atoms with van der Waals surface area (Å²) in [6, 6.07) is 3.81. The first kappa shape index (κ1) is 10.1. The van der Waals surface area contributed by atoms with Crippen LogP contribution in [0.2, 0.25) is 0 Å². The smallest absolute Gasteiger partial charge is 0.0135 e. The lowest BCUT2D eigenvalue weighted by molar-refractivity contribution is 1.22. The van der Waals surface area contributed by atoms with E-state index in [0.29, 0.717) is 0 Å². The second kappa shape index (κ2) is 4.30. The summed E-state index contributed by atoms with van der Waals surface area (Å²) in [6.07, 6.45) is 3.95. The number of thiol groups is 3. The second-order valence-electron chi connectivity index (χ2n) is 2.40. The number of hydrogen-bond acceptors (Lipinski definition) is 3. The highest BCUT2D eigenvalue weighted by Gasteiger charge is 2.00. The van der Waals surface area contributed by atoms with Crippen molar-refractivity contribution in [2.45, 2.75) is 21.6 Å². The lowest BCUT2D eigenvalue weighted by Gasteiger charge is -2.04. The van der Waals surface area contributed by atoms with Gasteiger partial charge in [-0.15, -0.1) is 37.9 Å². The van der Waals surface area contributed by atoms with Crippen LogP contribution in [0.25, 0.3) is 6.08 Å². The summed E-state index contributed by atoms with van der Waals surface area (Å²) in [7, 11) is 0. The Kier molecular flexibility index (Phi) is 3.62. The lowest BCUT2D eigenvalue weighted by Crippen LogP contribution is -1.80. The molecule has 0 nitrogen and oxygen atoms in total. The molecule has 0 aliphatic rings. The van der Waals surface area contributed by atoms with Crippen molar-refractivity contribution < 1.29 is 0 Å². The monoisotopic (exact) mass is 214 g/mol. The van der Waals surface area contributed by atoms with Crippen LogP contribution in [0.1, 0.15) is 12.5 Å². The highest BCUT2D eigenvalue weighted by atomic mass is 32.1. The Morgan fingerprint density at radius 3 is 2.00 bits per heavy atom. The zero-order valence-corrected chi connectivity index (χ0v) is 9.33. The van der Waals surface area contributed by atoms with Gasteiger partial charge in [0.1, 0.15) is 0 Å². The van der Waals surface area contributed by atoms with Gasteiger partial charge in [-0.3, -0.25) is 0 Å². The van der Waals surface area contributed by atoms with Gasteiger partial charge in [0, 0.05) is 20.2 Å². The van der Waals surface area contributed by atoms with E-state index in [-0.39, 0.29) is 0 Å². The van der Waals surface area contributed by atoms with Crippen molar-refractivity contribution in [2.75, 3.05) is 0 Å². The molecule has 0 amide bonds. The summed E-state index contributed by atoms with van der Waals surface area (Å²) in [5.74, 6) is 0. The predicted octanol–water partition coefficient (Wildman–Crippen LogP) is 3.59. The standard InChI is InChI=1S/C9H10S3/c1-2-3-7-8(11)4-6(10)5-9(7)12/h2-5,10-12H,1H3/b3-2+. The normalized spacial score (nSPS) is 11.0. The Labute approximate surface area is 89.3 Å². The van der Waals surface area contributed by atoms with E-state index in [9.17, 15) is 0 Å². The first-order chi connectivity index (χ1) is 5.65. The minimum absolute atomic E-state index is 0.887. The summed E-state index contributed by atoms with van der Waals surface area (Å²) in [4.78, 5) is 2.70. The van der Waals surface area contributed by atoms with Gasteiger partial charge >= 0.3 is 0 Å². The minimum Gasteiger partial charge on any atom is -0.143 e. The van der Waals surface area contributed by atoms with E-state index in [1.165, 1.54) is 0 Å². The number of rotatable bonds is 1. The Balaban J connectivity index is 3.28. The van der Waals surface area contributed by atoms with Crippen LogP contribution in [0, 0.1) is 0 Å². The molecule has 0 saturated carbocycles. The van der Waals surface area contributed by atoms with Crippen molar-refractivity contribution in [3.05, 3.63) is 23.8 Å². The van der Waals surface area contributed by atoms with Crippen LogP contribution in [-0.2, 0) is 0 Å². The third kappa shape index (κ3) is 2.25. The van der Waals surface area contributed by atoms with E-state index >= 15 is 0 Å². The maximum absolute atomic E-state index is 4.32. The van der Waals surface area contributed by atoms with E-state index < -0.39 is 0 Å². The number of hydrogen-bond donors (Lipinski definition) is 3. The van der Waals surface area contributed by atoms with Crippen molar-refractivity contribution in [1.82, 2.24) is 0 Å². The van der Waals surface area contributed by atoms with Crippen LogP contribution in [0.3, 0.4) is 0 Å². The Morgan fingerprint density at radius 1 is 1.08 bits per heavy atom. The van der Waals surface area contributed by atoms with Crippen molar-refractivity contribution in [3.63, 3.8) is 0 Å². The molecule has 0 heterocycles. The van der Waals surface area contributed by atoms with Crippen LogP contribution in [0.15, 0.2) is 32.9 Å². The molecule has 0 fully saturated rings. The largest absolute Gasteiger partial charge is 0.143 e. The van der Waals surface area contributed by atoms with E-state index in [2.05, 4.69) is 37.9 Å². The summed E-state index contributed by atoms with van der Waals surface area (Å²) in [5, 5.41) is 0. The third-order valence-corrected chi connectivity index (χ3v) is 2.45. The van der Waals surface area contributed by atoms with Crippen LogP contribution >= 0.6 is 37.9 Å². The lowest BCUT2D eigenvalue weighted by atomic mass is 10.2. The van der Waals surface area contributed by atoms with Gasteiger partial charge in [0.25, 0.3) is 0 Å². The molecule has 64 valence electrons. The van der Waals surface area contributed by atoms with Gasteiger partial charge < -0.3 is 0 Å². The molecule has 12 heavy (non-hydrogen) atoms. The SMILES string of the molecule is C/C=C/c1c(S)cc(S)cc1S. The average Bonchev–Trinajstić information content (AvgIpc) is 1.96. The summed E-state index contributed by atoms with van der Waals surface area (Å²) in [5.41, 5.74) is 1.04. The van der Waals surface area contributed by atoms with Crippen molar-refractivity contribution in [1.29, 1.82) is 0 Å². The van der Waals surface area contributed by atoms with Gasteiger partial charge in [0.05, 0.1) is 0 Å². The molecule has 0 aliphatic heterocycles. The molecule has 0 spiro atoms. The first-order valence-electron chi connectivity index (χ1n) is 3.52. The second-order valence-corrected chi connectivity index (χ2v) is 3.88. The molecule has 1 aromatic carbocycles. The first-order valence-corrected chi connectivity index (χ1v) is 4.87. The molecule has 0 saturated heterocycles. The van der Waals surface area contributed by atoms with Crippen LogP contribution in [0.4, 0.5) is 0 Å². The Morgan fingerprint density at radius 2 is 1.58 bits per heavy atom. The van der Waals surface area contributed by atoms with E-state index in [0.717, 1.165) is 20.2 Å². The zero-order chi connectivity index (χ0) is 9.14. The van der Waals surface area contributed by atoms with E-state index in [1.807, 2.05) is 31.2 Å². The van der Waals surface area contributed by atoms with Crippen LogP contribution in [-0.4, -0.2) is 0 Å². The molecule has 0 aliphatic carbocycles. The fraction of sp³-hybridized carbons (Fsp3) is 0.111. The topological polar surface area (TPSA) is 0 Å².